The Labute approximate surface area is 249 Å². The Balaban J connectivity index is 1.57. The predicted octanol–water partition coefficient (Wildman–Crippen LogP) is 5.64. The van der Waals surface area contributed by atoms with Crippen LogP contribution in [0.15, 0.2) is 60.2 Å². The molecule has 0 aliphatic carbocycles. The first kappa shape index (κ1) is 29.1. The number of hydrogen-bond acceptors (Lipinski definition) is 6. The summed E-state index contributed by atoms with van der Waals surface area (Å²) in [5.74, 6) is -1.27. The number of anilines is 2. The van der Waals surface area contributed by atoms with Crippen molar-refractivity contribution in [2.24, 2.45) is 0 Å². The van der Waals surface area contributed by atoms with Crippen molar-refractivity contribution >= 4 is 75.4 Å². The maximum absolute atomic E-state index is 13.2. The third-order valence-electron chi connectivity index (χ3n) is 5.83. The highest BCUT2D eigenvalue weighted by molar-refractivity contribution is 14.1. The van der Waals surface area contributed by atoms with E-state index in [2.05, 4.69) is 10.6 Å². The summed E-state index contributed by atoms with van der Waals surface area (Å²) < 4.78 is 12.2. The molecule has 3 aromatic carbocycles. The van der Waals surface area contributed by atoms with Gasteiger partial charge in [0, 0.05) is 10.7 Å². The van der Waals surface area contributed by atoms with E-state index in [4.69, 9.17) is 21.1 Å². The molecule has 40 heavy (non-hydrogen) atoms. The molecule has 1 heterocycles. The third-order valence-corrected chi connectivity index (χ3v) is 6.89. The number of amides is 5. The number of urea groups is 1. The lowest BCUT2D eigenvalue weighted by molar-refractivity contribution is -0.122. The van der Waals surface area contributed by atoms with E-state index in [0.29, 0.717) is 37.9 Å². The Kier molecular flexibility index (Phi) is 9.10. The molecule has 3 aromatic rings. The van der Waals surface area contributed by atoms with Gasteiger partial charge in [0.05, 0.1) is 15.9 Å². The monoisotopic (exact) mass is 673 g/mol. The summed E-state index contributed by atoms with van der Waals surface area (Å²) >= 11 is 7.95. The SMILES string of the molecule is CCOc1cc(/C=C2/C(=O)NC(=O)N(c3ccc(Cl)cc3)C2=O)cc(I)c1OCC(=O)Nc1ccc(C)cc1C. The van der Waals surface area contributed by atoms with E-state index >= 15 is 0 Å². The van der Waals surface area contributed by atoms with Crippen LogP contribution in [0.2, 0.25) is 5.02 Å². The summed E-state index contributed by atoms with van der Waals surface area (Å²) in [6.07, 6.45) is 1.37. The van der Waals surface area contributed by atoms with Crippen LogP contribution in [-0.2, 0) is 14.4 Å². The van der Waals surface area contributed by atoms with E-state index in [1.165, 1.54) is 30.3 Å². The molecule has 1 aliphatic heterocycles. The van der Waals surface area contributed by atoms with E-state index < -0.39 is 17.8 Å². The lowest BCUT2D eigenvalue weighted by Gasteiger charge is -2.26. The van der Waals surface area contributed by atoms with Crippen molar-refractivity contribution in [1.82, 2.24) is 5.32 Å². The van der Waals surface area contributed by atoms with Crippen molar-refractivity contribution in [3.63, 3.8) is 0 Å². The third kappa shape index (κ3) is 6.62. The van der Waals surface area contributed by atoms with Crippen LogP contribution >= 0.6 is 34.2 Å². The Morgan fingerprint density at radius 1 is 1.05 bits per heavy atom. The van der Waals surface area contributed by atoms with Crippen LogP contribution in [0.5, 0.6) is 11.5 Å². The van der Waals surface area contributed by atoms with E-state index in [1.54, 1.807) is 19.1 Å². The number of carbonyl (C=O) groups excluding carboxylic acids is 4. The minimum atomic E-state index is -0.859. The lowest BCUT2D eigenvalue weighted by Crippen LogP contribution is -2.54. The number of aryl methyl sites for hydroxylation is 2. The summed E-state index contributed by atoms with van der Waals surface area (Å²) in [4.78, 5) is 51.7. The number of ether oxygens (including phenoxy) is 2. The number of nitrogens with zero attached hydrogens (tertiary/aromatic N) is 1. The maximum atomic E-state index is 13.2. The largest absolute Gasteiger partial charge is 0.490 e. The molecule has 1 saturated heterocycles. The second kappa shape index (κ2) is 12.5. The maximum Gasteiger partial charge on any atom is 0.335 e. The number of barbiturate groups is 1. The average molecular weight is 674 g/mol. The number of carbonyl (C=O) groups is 4. The number of hydrogen-bond donors (Lipinski definition) is 2. The van der Waals surface area contributed by atoms with Crippen molar-refractivity contribution in [3.05, 3.63) is 85.5 Å². The van der Waals surface area contributed by atoms with E-state index in [-0.39, 0.29) is 23.8 Å². The minimum Gasteiger partial charge on any atom is -0.490 e. The molecule has 5 amide bonds. The van der Waals surface area contributed by atoms with Crippen LogP contribution in [0.4, 0.5) is 16.2 Å². The molecule has 0 bridgehead atoms. The molecule has 206 valence electrons. The van der Waals surface area contributed by atoms with Gasteiger partial charge in [-0.1, -0.05) is 29.3 Å². The van der Waals surface area contributed by atoms with Gasteiger partial charge in [-0.3, -0.25) is 19.7 Å². The molecule has 0 atom stereocenters. The highest BCUT2D eigenvalue weighted by Gasteiger charge is 2.36. The van der Waals surface area contributed by atoms with Crippen molar-refractivity contribution < 1.29 is 28.7 Å². The second-order valence-electron chi connectivity index (χ2n) is 8.85. The fraction of sp³-hybridized carbons (Fsp3) is 0.172. The lowest BCUT2D eigenvalue weighted by atomic mass is 10.1. The molecule has 1 fully saturated rings. The number of imide groups is 2. The van der Waals surface area contributed by atoms with Crippen LogP contribution in [0, 0.1) is 17.4 Å². The fourth-order valence-electron chi connectivity index (χ4n) is 4.00. The van der Waals surface area contributed by atoms with Gasteiger partial charge in [0.15, 0.2) is 18.1 Å². The number of halogens is 2. The summed E-state index contributed by atoms with van der Waals surface area (Å²) in [5.41, 5.74) is 3.21. The van der Waals surface area contributed by atoms with Gasteiger partial charge in [-0.05, 0) is 103 Å². The molecule has 0 aromatic heterocycles. The Morgan fingerprint density at radius 3 is 2.45 bits per heavy atom. The Bertz CT molecular complexity index is 1540. The van der Waals surface area contributed by atoms with E-state index in [9.17, 15) is 19.2 Å². The van der Waals surface area contributed by atoms with Crippen molar-refractivity contribution in [3.8, 4) is 11.5 Å². The molecule has 2 N–H and O–H groups in total. The zero-order valence-corrected chi connectivity index (χ0v) is 24.8. The summed E-state index contributed by atoms with van der Waals surface area (Å²) in [5, 5.41) is 5.47. The van der Waals surface area contributed by atoms with Gasteiger partial charge in [-0.2, -0.15) is 0 Å². The van der Waals surface area contributed by atoms with Gasteiger partial charge in [0.2, 0.25) is 0 Å². The molecule has 0 saturated carbocycles. The predicted molar refractivity (Wildman–Crippen MR) is 161 cm³/mol. The first-order chi connectivity index (χ1) is 19.1. The Hall–Kier alpha value is -3.90. The standard InChI is InChI=1S/C29H25ClIN3O6/c1-4-39-24-14-18(12-21-27(36)33-29(38)34(28(21)37)20-8-6-19(30)7-9-20)13-22(31)26(24)40-15-25(35)32-23-10-5-16(2)11-17(23)3/h5-14H,4,15H2,1-3H3,(H,32,35)(H,33,36,38)/b21-12-. The van der Waals surface area contributed by atoms with Gasteiger partial charge in [0.25, 0.3) is 17.7 Å². The van der Waals surface area contributed by atoms with Crippen molar-refractivity contribution in [2.75, 3.05) is 23.4 Å². The molecule has 11 heteroatoms. The first-order valence-corrected chi connectivity index (χ1v) is 13.7. The molecule has 0 spiro atoms. The molecule has 0 unspecified atom stereocenters. The van der Waals surface area contributed by atoms with Crippen LogP contribution in [0.3, 0.4) is 0 Å². The molecular formula is C29H25ClIN3O6. The zero-order valence-electron chi connectivity index (χ0n) is 21.8. The topological polar surface area (TPSA) is 114 Å². The highest BCUT2D eigenvalue weighted by atomic mass is 127. The highest BCUT2D eigenvalue weighted by Crippen LogP contribution is 2.35. The van der Waals surface area contributed by atoms with Crippen molar-refractivity contribution in [2.45, 2.75) is 20.8 Å². The quantitative estimate of drug-likeness (QED) is 0.182. The van der Waals surface area contributed by atoms with Gasteiger partial charge in [-0.25, -0.2) is 9.69 Å². The zero-order chi connectivity index (χ0) is 29.0. The number of nitrogens with one attached hydrogen (secondary N) is 2. The van der Waals surface area contributed by atoms with Crippen LogP contribution < -0.4 is 25.0 Å². The van der Waals surface area contributed by atoms with E-state index in [1.807, 2.05) is 54.6 Å². The van der Waals surface area contributed by atoms with Crippen molar-refractivity contribution in [1.29, 1.82) is 0 Å². The average Bonchev–Trinajstić information content (AvgIpc) is 2.89. The van der Waals surface area contributed by atoms with E-state index in [0.717, 1.165) is 16.0 Å². The Morgan fingerprint density at radius 2 is 1.77 bits per heavy atom. The molecule has 4 rings (SSSR count). The first-order valence-electron chi connectivity index (χ1n) is 12.2. The molecular weight excluding hydrogens is 649 g/mol. The van der Waals surface area contributed by atoms with Crippen LogP contribution in [-0.4, -0.2) is 37.0 Å². The van der Waals surface area contributed by atoms with Crippen LogP contribution in [0.25, 0.3) is 6.08 Å². The van der Waals surface area contributed by atoms with Gasteiger partial charge >= 0.3 is 6.03 Å². The summed E-state index contributed by atoms with van der Waals surface area (Å²) in [7, 11) is 0. The molecule has 1 aliphatic rings. The van der Waals surface area contributed by atoms with Gasteiger partial charge < -0.3 is 14.8 Å². The second-order valence-corrected chi connectivity index (χ2v) is 10.5. The number of benzene rings is 3. The molecule has 9 nitrogen and oxygen atoms in total. The minimum absolute atomic E-state index is 0.241. The smallest absolute Gasteiger partial charge is 0.335 e. The number of rotatable bonds is 8. The summed E-state index contributed by atoms with van der Waals surface area (Å²) in [6.45, 7) is 5.73. The summed E-state index contributed by atoms with van der Waals surface area (Å²) in [6, 6.07) is 14.2. The van der Waals surface area contributed by atoms with Gasteiger partial charge in [0.1, 0.15) is 5.57 Å². The van der Waals surface area contributed by atoms with Gasteiger partial charge in [-0.15, -0.1) is 0 Å². The van der Waals surface area contributed by atoms with Crippen LogP contribution in [0.1, 0.15) is 23.6 Å². The normalized spacial score (nSPS) is 14.3. The molecule has 0 radical (unpaired) electrons. The fourth-order valence-corrected chi connectivity index (χ4v) is 4.91.